The molecule has 2 rings (SSSR count). The molecule has 2 aromatic rings. The van der Waals surface area contributed by atoms with Crippen LogP contribution in [0.25, 0.3) is 0 Å². The Hall–Kier alpha value is -2.33. The minimum Gasteiger partial charge on any atom is -0.332 e. The van der Waals surface area contributed by atoms with Crippen molar-refractivity contribution in [2.24, 2.45) is 0 Å². The molecule has 0 spiro atoms. The van der Waals surface area contributed by atoms with E-state index in [0.29, 0.717) is 16.3 Å². The van der Waals surface area contributed by atoms with Crippen molar-refractivity contribution < 1.29 is 9.59 Å². The predicted molar refractivity (Wildman–Crippen MR) is 88.2 cm³/mol. The molecule has 0 aliphatic carbocycles. The maximum Gasteiger partial charge on any atom is 0.254 e. The first-order valence-electron chi connectivity index (χ1n) is 6.83. The van der Waals surface area contributed by atoms with Gasteiger partial charge in [0.05, 0.1) is 6.54 Å². The van der Waals surface area contributed by atoms with Crippen LogP contribution < -0.4 is 5.32 Å². The van der Waals surface area contributed by atoms with E-state index in [0.717, 1.165) is 5.56 Å². The van der Waals surface area contributed by atoms with Crippen LogP contribution in [-0.2, 0) is 4.79 Å². The van der Waals surface area contributed by atoms with E-state index in [1.807, 2.05) is 31.2 Å². The number of carbonyl (C=O) groups excluding carboxylic acids is 2. The molecule has 1 N–H and O–H groups in total. The van der Waals surface area contributed by atoms with Gasteiger partial charge < -0.3 is 10.2 Å². The quantitative estimate of drug-likeness (QED) is 0.940. The highest BCUT2D eigenvalue weighted by atomic mass is 35.5. The molecule has 0 atom stereocenters. The van der Waals surface area contributed by atoms with Crippen molar-refractivity contribution in [3.8, 4) is 0 Å². The summed E-state index contributed by atoms with van der Waals surface area (Å²) in [5, 5.41) is 3.33. The molecule has 0 fully saturated rings. The van der Waals surface area contributed by atoms with E-state index >= 15 is 0 Å². The van der Waals surface area contributed by atoms with Gasteiger partial charge in [0, 0.05) is 23.3 Å². The van der Waals surface area contributed by atoms with Gasteiger partial charge in [-0.05, 0) is 43.3 Å². The summed E-state index contributed by atoms with van der Waals surface area (Å²) in [6.45, 7) is 1.96. The molecule has 0 unspecified atom stereocenters. The number of nitrogens with one attached hydrogen (secondary N) is 1. The number of likely N-dealkylation sites (N-methyl/N-ethyl adjacent to an activating group) is 1. The maximum absolute atomic E-state index is 12.2. The van der Waals surface area contributed by atoms with Gasteiger partial charge in [0.1, 0.15) is 0 Å². The van der Waals surface area contributed by atoms with Gasteiger partial charge in [-0.15, -0.1) is 0 Å². The Labute approximate surface area is 134 Å². The SMILES string of the molecule is Cc1ccc(NC(=O)CN(C)C(=O)c2ccc(Cl)cc2)cc1. The van der Waals surface area contributed by atoms with Gasteiger partial charge in [-0.1, -0.05) is 29.3 Å². The summed E-state index contributed by atoms with van der Waals surface area (Å²) in [6, 6.07) is 14.1. The summed E-state index contributed by atoms with van der Waals surface area (Å²) >= 11 is 5.79. The Morgan fingerprint density at radius 2 is 1.64 bits per heavy atom. The smallest absolute Gasteiger partial charge is 0.254 e. The molecule has 0 aromatic heterocycles. The van der Waals surface area contributed by atoms with Crippen molar-refractivity contribution in [2.45, 2.75) is 6.92 Å². The van der Waals surface area contributed by atoms with Crippen molar-refractivity contribution in [2.75, 3.05) is 18.9 Å². The van der Waals surface area contributed by atoms with Gasteiger partial charge in [0.2, 0.25) is 5.91 Å². The number of nitrogens with zero attached hydrogens (tertiary/aromatic N) is 1. The third kappa shape index (κ3) is 4.33. The molecule has 2 aromatic carbocycles. The third-order valence-electron chi connectivity index (χ3n) is 3.15. The molecule has 114 valence electrons. The molecule has 0 saturated heterocycles. The Morgan fingerprint density at radius 3 is 2.23 bits per heavy atom. The lowest BCUT2D eigenvalue weighted by Gasteiger charge is -2.17. The van der Waals surface area contributed by atoms with E-state index in [4.69, 9.17) is 11.6 Å². The molecule has 0 heterocycles. The molecule has 22 heavy (non-hydrogen) atoms. The Bertz CT molecular complexity index is 666. The third-order valence-corrected chi connectivity index (χ3v) is 3.41. The molecule has 0 aliphatic heterocycles. The van der Waals surface area contributed by atoms with Crippen molar-refractivity contribution in [1.82, 2.24) is 4.90 Å². The molecular weight excluding hydrogens is 300 g/mol. The highest BCUT2D eigenvalue weighted by Gasteiger charge is 2.14. The molecule has 0 aliphatic rings. The van der Waals surface area contributed by atoms with Crippen LogP contribution in [0.2, 0.25) is 5.02 Å². The van der Waals surface area contributed by atoms with Crippen LogP contribution in [0, 0.1) is 6.92 Å². The van der Waals surface area contributed by atoms with Crippen LogP contribution in [0.5, 0.6) is 0 Å². The highest BCUT2D eigenvalue weighted by molar-refractivity contribution is 6.30. The molecule has 2 amide bonds. The number of halogens is 1. The van der Waals surface area contributed by atoms with Crippen LogP contribution in [0.15, 0.2) is 48.5 Å². The first-order chi connectivity index (χ1) is 10.5. The average Bonchev–Trinajstić information content (AvgIpc) is 2.49. The van der Waals surface area contributed by atoms with E-state index in [1.54, 1.807) is 31.3 Å². The van der Waals surface area contributed by atoms with Crippen LogP contribution in [0.4, 0.5) is 5.69 Å². The fourth-order valence-electron chi connectivity index (χ4n) is 1.94. The normalized spacial score (nSPS) is 10.1. The number of amides is 2. The average molecular weight is 317 g/mol. The summed E-state index contributed by atoms with van der Waals surface area (Å²) in [5.41, 5.74) is 2.33. The minimum atomic E-state index is -0.242. The summed E-state index contributed by atoms with van der Waals surface area (Å²) in [5.74, 6) is -0.468. The Morgan fingerprint density at radius 1 is 1.05 bits per heavy atom. The Kier molecular flexibility index (Phi) is 5.17. The highest BCUT2D eigenvalue weighted by Crippen LogP contribution is 2.12. The van der Waals surface area contributed by atoms with Gasteiger partial charge in [0.25, 0.3) is 5.91 Å². The van der Waals surface area contributed by atoms with E-state index < -0.39 is 0 Å². The maximum atomic E-state index is 12.2. The van der Waals surface area contributed by atoms with Gasteiger partial charge in [-0.2, -0.15) is 0 Å². The van der Waals surface area contributed by atoms with E-state index in [9.17, 15) is 9.59 Å². The Balaban J connectivity index is 1.94. The van der Waals surface area contributed by atoms with Crippen LogP contribution in [0.1, 0.15) is 15.9 Å². The van der Waals surface area contributed by atoms with Gasteiger partial charge in [0.15, 0.2) is 0 Å². The molecular formula is C17H17ClN2O2. The largest absolute Gasteiger partial charge is 0.332 e. The first kappa shape index (κ1) is 16.0. The van der Waals surface area contributed by atoms with Crippen molar-refractivity contribution in [3.63, 3.8) is 0 Å². The fraction of sp³-hybridized carbons (Fsp3) is 0.176. The van der Waals surface area contributed by atoms with Crippen LogP contribution >= 0.6 is 11.6 Å². The molecule has 5 heteroatoms. The number of benzene rings is 2. The van der Waals surface area contributed by atoms with E-state index in [2.05, 4.69) is 5.32 Å². The lowest BCUT2D eigenvalue weighted by molar-refractivity contribution is -0.116. The topological polar surface area (TPSA) is 49.4 Å². The van der Waals surface area contributed by atoms with Gasteiger partial charge in [-0.25, -0.2) is 0 Å². The second-order valence-electron chi connectivity index (χ2n) is 5.08. The fourth-order valence-corrected chi connectivity index (χ4v) is 2.06. The van der Waals surface area contributed by atoms with Crippen molar-refractivity contribution in [3.05, 3.63) is 64.7 Å². The van der Waals surface area contributed by atoms with Gasteiger partial charge in [-0.3, -0.25) is 9.59 Å². The second-order valence-corrected chi connectivity index (χ2v) is 5.52. The first-order valence-corrected chi connectivity index (χ1v) is 7.21. The summed E-state index contributed by atoms with van der Waals surface area (Å²) in [7, 11) is 1.59. The molecule has 0 bridgehead atoms. The predicted octanol–water partition coefficient (Wildman–Crippen LogP) is 3.36. The van der Waals surface area contributed by atoms with Crippen LogP contribution in [0.3, 0.4) is 0 Å². The van der Waals surface area contributed by atoms with Crippen LogP contribution in [-0.4, -0.2) is 30.3 Å². The minimum absolute atomic E-state index is 0.0185. The lowest BCUT2D eigenvalue weighted by atomic mass is 10.2. The molecule has 0 saturated carbocycles. The number of carbonyl (C=O) groups is 2. The monoisotopic (exact) mass is 316 g/mol. The van der Waals surface area contributed by atoms with Crippen molar-refractivity contribution >= 4 is 29.1 Å². The summed E-state index contributed by atoms with van der Waals surface area (Å²) in [4.78, 5) is 25.5. The second kappa shape index (κ2) is 7.09. The zero-order chi connectivity index (χ0) is 16.1. The number of hydrogen-bond acceptors (Lipinski definition) is 2. The number of aryl methyl sites for hydroxylation is 1. The summed E-state index contributed by atoms with van der Waals surface area (Å²) < 4.78 is 0. The summed E-state index contributed by atoms with van der Waals surface area (Å²) in [6.07, 6.45) is 0. The standard InChI is InChI=1S/C17H17ClN2O2/c1-12-3-9-15(10-4-12)19-16(21)11-20(2)17(22)13-5-7-14(18)8-6-13/h3-10H,11H2,1-2H3,(H,19,21). The number of hydrogen-bond donors (Lipinski definition) is 1. The van der Waals surface area contributed by atoms with E-state index in [1.165, 1.54) is 4.90 Å². The number of anilines is 1. The zero-order valence-electron chi connectivity index (χ0n) is 12.5. The molecule has 0 radical (unpaired) electrons. The van der Waals surface area contributed by atoms with Crippen molar-refractivity contribution in [1.29, 1.82) is 0 Å². The molecule has 4 nitrogen and oxygen atoms in total. The van der Waals surface area contributed by atoms with Gasteiger partial charge >= 0.3 is 0 Å². The number of rotatable bonds is 4. The lowest BCUT2D eigenvalue weighted by Crippen LogP contribution is -2.34. The zero-order valence-corrected chi connectivity index (χ0v) is 13.2. The van der Waals surface area contributed by atoms with E-state index in [-0.39, 0.29) is 18.4 Å².